The Morgan fingerprint density at radius 3 is 2.69 bits per heavy atom. The maximum absolute atomic E-state index is 13.1. The largest absolute Gasteiger partial charge is 0.492 e. The molecule has 2 atom stereocenters. The number of aromatic nitrogens is 2. The molecule has 170 valence electrons. The SMILES string of the molecule is CCOc1ccccc1NC(=O)C(C)N1CCCC(c2nc3ccccc3n2C(C)C)C1. The quantitative estimate of drug-likeness (QED) is 0.554. The van der Waals surface area contributed by atoms with Crippen LogP contribution in [0.5, 0.6) is 5.75 Å². The lowest BCUT2D eigenvalue weighted by molar-refractivity contribution is -0.121. The predicted molar refractivity (Wildman–Crippen MR) is 129 cm³/mol. The second-order valence-electron chi connectivity index (χ2n) is 8.85. The molecule has 2 aromatic carbocycles. The van der Waals surface area contributed by atoms with Crippen LogP contribution in [0, 0.1) is 0 Å². The molecule has 1 N–H and O–H groups in total. The molecule has 2 heterocycles. The molecule has 2 unspecified atom stereocenters. The molecular weight excluding hydrogens is 400 g/mol. The molecule has 0 aliphatic carbocycles. The smallest absolute Gasteiger partial charge is 0.241 e. The summed E-state index contributed by atoms with van der Waals surface area (Å²) in [4.78, 5) is 20.4. The predicted octanol–water partition coefficient (Wildman–Crippen LogP) is 5.22. The lowest BCUT2D eigenvalue weighted by Crippen LogP contribution is -2.47. The number of para-hydroxylation sites is 4. The van der Waals surface area contributed by atoms with Crippen LogP contribution in [0.3, 0.4) is 0 Å². The third-order valence-electron chi connectivity index (χ3n) is 6.33. The van der Waals surface area contributed by atoms with Crippen LogP contribution < -0.4 is 10.1 Å². The van der Waals surface area contributed by atoms with Crippen molar-refractivity contribution in [1.29, 1.82) is 0 Å². The Balaban J connectivity index is 1.51. The van der Waals surface area contributed by atoms with Crippen molar-refractivity contribution in [3.05, 3.63) is 54.4 Å². The fourth-order valence-electron chi connectivity index (χ4n) is 4.72. The first kappa shape index (κ1) is 22.3. The van der Waals surface area contributed by atoms with Crippen LogP contribution >= 0.6 is 0 Å². The Morgan fingerprint density at radius 1 is 1.16 bits per heavy atom. The van der Waals surface area contributed by atoms with E-state index in [4.69, 9.17) is 9.72 Å². The molecule has 1 aliphatic rings. The molecule has 4 rings (SSSR count). The number of carbonyl (C=O) groups excluding carboxylic acids is 1. The molecule has 1 saturated heterocycles. The number of likely N-dealkylation sites (tertiary alicyclic amines) is 1. The Bertz CT molecular complexity index is 1070. The summed E-state index contributed by atoms with van der Waals surface area (Å²) >= 11 is 0. The van der Waals surface area contributed by atoms with Gasteiger partial charge in [-0.2, -0.15) is 0 Å². The lowest BCUT2D eigenvalue weighted by atomic mass is 9.95. The number of rotatable bonds is 7. The lowest BCUT2D eigenvalue weighted by Gasteiger charge is -2.36. The number of anilines is 1. The first-order valence-electron chi connectivity index (χ1n) is 11.7. The minimum absolute atomic E-state index is 0.00448. The van der Waals surface area contributed by atoms with Crippen LogP contribution in [0.2, 0.25) is 0 Å². The van der Waals surface area contributed by atoms with Gasteiger partial charge in [-0.15, -0.1) is 0 Å². The molecule has 6 nitrogen and oxygen atoms in total. The number of fused-ring (bicyclic) bond motifs is 1. The van der Waals surface area contributed by atoms with Gasteiger partial charge in [0, 0.05) is 18.5 Å². The van der Waals surface area contributed by atoms with Crippen molar-refractivity contribution in [2.45, 2.75) is 58.5 Å². The first-order chi connectivity index (χ1) is 15.5. The van der Waals surface area contributed by atoms with Crippen molar-refractivity contribution in [2.24, 2.45) is 0 Å². The zero-order valence-electron chi connectivity index (χ0n) is 19.5. The van der Waals surface area contributed by atoms with E-state index in [0.717, 1.165) is 43.0 Å². The summed E-state index contributed by atoms with van der Waals surface area (Å²) in [5, 5.41) is 3.07. The van der Waals surface area contributed by atoms with E-state index in [1.807, 2.05) is 44.2 Å². The number of hydrogen-bond acceptors (Lipinski definition) is 4. The van der Waals surface area contributed by atoms with E-state index in [2.05, 4.69) is 46.8 Å². The Morgan fingerprint density at radius 2 is 1.91 bits per heavy atom. The Kier molecular flexibility index (Phi) is 6.80. The van der Waals surface area contributed by atoms with Crippen LogP contribution in [0.25, 0.3) is 11.0 Å². The van der Waals surface area contributed by atoms with Gasteiger partial charge in [0.1, 0.15) is 11.6 Å². The van der Waals surface area contributed by atoms with Crippen LogP contribution in [0.1, 0.15) is 58.3 Å². The van der Waals surface area contributed by atoms with Crippen LogP contribution in [0.4, 0.5) is 5.69 Å². The minimum atomic E-state index is -0.232. The first-order valence-corrected chi connectivity index (χ1v) is 11.7. The highest BCUT2D eigenvalue weighted by atomic mass is 16.5. The molecule has 3 aromatic rings. The number of nitrogens with one attached hydrogen (secondary N) is 1. The number of piperidine rings is 1. The summed E-state index contributed by atoms with van der Waals surface area (Å²) in [6.07, 6.45) is 2.15. The summed E-state index contributed by atoms with van der Waals surface area (Å²) in [6, 6.07) is 16.1. The Labute approximate surface area is 190 Å². The van der Waals surface area contributed by atoms with Crippen LogP contribution in [0.15, 0.2) is 48.5 Å². The van der Waals surface area contributed by atoms with E-state index in [1.165, 1.54) is 5.52 Å². The van der Waals surface area contributed by atoms with Gasteiger partial charge in [0.05, 0.1) is 29.4 Å². The monoisotopic (exact) mass is 434 g/mol. The number of ether oxygens (including phenoxy) is 1. The normalized spacial score (nSPS) is 18.1. The van der Waals surface area contributed by atoms with Gasteiger partial charge < -0.3 is 14.6 Å². The molecular formula is C26H34N4O2. The second kappa shape index (κ2) is 9.74. The van der Waals surface area contributed by atoms with Gasteiger partial charge in [0.15, 0.2) is 0 Å². The second-order valence-corrected chi connectivity index (χ2v) is 8.85. The average molecular weight is 435 g/mol. The van der Waals surface area contributed by atoms with E-state index >= 15 is 0 Å². The minimum Gasteiger partial charge on any atom is -0.492 e. The third kappa shape index (κ3) is 4.51. The molecule has 32 heavy (non-hydrogen) atoms. The van der Waals surface area contributed by atoms with Gasteiger partial charge in [-0.1, -0.05) is 24.3 Å². The highest BCUT2D eigenvalue weighted by molar-refractivity contribution is 5.95. The third-order valence-corrected chi connectivity index (χ3v) is 6.33. The summed E-state index contributed by atoms with van der Waals surface area (Å²) in [5.74, 6) is 2.15. The molecule has 1 aromatic heterocycles. The number of imidazole rings is 1. The van der Waals surface area contributed by atoms with Crippen molar-refractivity contribution in [2.75, 3.05) is 25.0 Å². The standard InChI is InChI=1S/C26H34N4O2/c1-5-32-24-15-9-7-13-22(24)28-26(31)19(4)29-16-10-11-20(17-29)25-27-21-12-6-8-14-23(21)30(25)18(2)3/h6-9,12-15,18-20H,5,10-11,16-17H2,1-4H3,(H,28,31). The summed E-state index contributed by atoms with van der Waals surface area (Å²) in [6.45, 7) is 10.7. The summed E-state index contributed by atoms with van der Waals surface area (Å²) < 4.78 is 8.03. The van der Waals surface area contributed by atoms with Gasteiger partial charge in [-0.25, -0.2) is 4.98 Å². The van der Waals surface area contributed by atoms with E-state index in [1.54, 1.807) is 0 Å². The summed E-state index contributed by atoms with van der Waals surface area (Å²) in [5.41, 5.74) is 2.96. The van der Waals surface area contributed by atoms with E-state index in [-0.39, 0.29) is 11.9 Å². The van der Waals surface area contributed by atoms with E-state index < -0.39 is 0 Å². The van der Waals surface area contributed by atoms with Crippen molar-refractivity contribution < 1.29 is 9.53 Å². The van der Waals surface area contributed by atoms with Gasteiger partial charge >= 0.3 is 0 Å². The molecule has 1 fully saturated rings. The number of nitrogens with zero attached hydrogens (tertiary/aromatic N) is 3. The maximum atomic E-state index is 13.1. The zero-order chi connectivity index (χ0) is 22.7. The zero-order valence-corrected chi connectivity index (χ0v) is 19.5. The van der Waals surface area contributed by atoms with Gasteiger partial charge in [-0.05, 0) is 71.3 Å². The topological polar surface area (TPSA) is 59.4 Å². The number of benzene rings is 2. The van der Waals surface area contributed by atoms with Crippen molar-refractivity contribution in [3.63, 3.8) is 0 Å². The number of amides is 1. The van der Waals surface area contributed by atoms with Gasteiger partial charge in [-0.3, -0.25) is 9.69 Å². The van der Waals surface area contributed by atoms with Crippen LogP contribution in [-0.4, -0.2) is 46.1 Å². The molecule has 1 aliphatic heterocycles. The number of hydrogen-bond donors (Lipinski definition) is 1. The maximum Gasteiger partial charge on any atom is 0.241 e. The van der Waals surface area contributed by atoms with Crippen molar-refractivity contribution in [3.8, 4) is 5.75 Å². The Hall–Kier alpha value is -2.86. The van der Waals surface area contributed by atoms with Crippen molar-refractivity contribution in [1.82, 2.24) is 14.5 Å². The van der Waals surface area contributed by atoms with Crippen molar-refractivity contribution >= 4 is 22.6 Å². The molecule has 0 spiro atoms. The fraction of sp³-hybridized carbons (Fsp3) is 0.462. The fourth-order valence-corrected chi connectivity index (χ4v) is 4.72. The molecule has 0 saturated carbocycles. The molecule has 0 bridgehead atoms. The van der Waals surface area contributed by atoms with Gasteiger partial charge in [0.25, 0.3) is 0 Å². The average Bonchev–Trinajstić information content (AvgIpc) is 3.20. The highest BCUT2D eigenvalue weighted by Crippen LogP contribution is 2.32. The molecule has 1 amide bonds. The van der Waals surface area contributed by atoms with Gasteiger partial charge in [0.2, 0.25) is 5.91 Å². The van der Waals surface area contributed by atoms with E-state index in [0.29, 0.717) is 24.3 Å². The summed E-state index contributed by atoms with van der Waals surface area (Å²) in [7, 11) is 0. The molecule has 0 radical (unpaired) electrons. The highest BCUT2D eigenvalue weighted by Gasteiger charge is 2.31. The number of carbonyl (C=O) groups is 1. The van der Waals surface area contributed by atoms with Crippen LogP contribution in [-0.2, 0) is 4.79 Å². The molecule has 6 heteroatoms. The van der Waals surface area contributed by atoms with E-state index in [9.17, 15) is 4.79 Å².